The van der Waals surface area contributed by atoms with Crippen molar-refractivity contribution in [2.75, 3.05) is 13.2 Å². The van der Waals surface area contributed by atoms with Crippen molar-refractivity contribution in [3.05, 3.63) is 29.3 Å². The third-order valence-electron chi connectivity index (χ3n) is 3.79. The maximum atomic E-state index is 11.8. The number of carbonyl (C=O) groups is 1. The van der Waals surface area contributed by atoms with Crippen molar-refractivity contribution in [3.63, 3.8) is 0 Å². The third kappa shape index (κ3) is 3.73. The van der Waals surface area contributed by atoms with Crippen LogP contribution in [-0.2, 0) is 17.6 Å². The molecule has 2 N–H and O–H groups in total. The van der Waals surface area contributed by atoms with E-state index in [1.165, 1.54) is 17.5 Å². The number of nitrogens with one attached hydrogen (secondary N) is 1. The van der Waals surface area contributed by atoms with Crippen LogP contribution in [0.5, 0.6) is 5.75 Å². The first-order chi connectivity index (χ1) is 9.60. The summed E-state index contributed by atoms with van der Waals surface area (Å²) in [5.41, 5.74) is 2.72. The highest BCUT2D eigenvalue weighted by Crippen LogP contribution is 2.25. The molecule has 2 rings (SSSR count). The monoisotopic (exact) mass is 277 g/mol. The number of amides is 1. The summed E-state index contributed by atoms with van der Waals surface area (Å²) in [5, 5.41) is 12.0. The molecule has 0 spiro atoms. The van der Waals surface area contributed by atoms with Gasteiger partial charge in [-0.1, -0.05) is 19.9 Å². The summed E-state index contributed by atoms with van der Waals surface area (Å²) in [7, 11) is 0. The van der Waals surface area contributed by atoms with Gasteiger partial charge in [0.25, 0.3) is 5.91 Å². The van der Waals surface area contributed by atoms with Crippen molar-refractivity contribution in [1.82, 2.24) is 5.32 Å². The number of aliphatic hydroxyl groups is 1. The fourth-order valence-electron chi connectivity index (χ4n) is 2.46. The van der Waals surface area contributed by atoms with Crippen LogP contribution < -0.4 is 10.1 Å². The topological polar surface area (TPSA) is 58.6 Å². The minimum atomic E-state index is -0.217. The Kier molecular flexibility index (Phi) is 5.01. The lowest BCUT2D eigenvalue weighted by Crippen LogP contribution is -2.43. The largest absolute Gasteiger partial charge is 0.484 e. The zero-order valence-corrected chi connectivity index (χ0v) is 12.2. The number of hydrogen-bond donors (Lipinski definition) is 2. The van der Waals surface area contributed by atoms with Crippen LogP contribution in [0.15, 0.2) is 18.2 Å². The van der Waals surface area contributed by atoms with E-state index in [4.69, 9.17) is 4.74 Å². The molecule has 20 heavy (non-hydrogen) atoms. The van der Waals surface area contributed by atoms with Crippen molar-refractivity contribution >= 4 is 5.91 Å². The van der Waals surface area contributed by atoms with Gasteiger partial charge in [-0.25, -0.2) is 0 Å². The molecule has 1 aliphatic carbocycles. The molecule has 0 heterocycles. The molecule has 1 aromatic rings. The van der Waals surface area contributed by atoms with Crippen LogP contribution in [0.2, 0.25) is 0 Å². The highest BCUT2D eigenvalue weighted by Gasteiger charge is 2.16. The average Bonchev–Trinajstić information content (AvgIpc) is 2.89. The first-order valence-corrected chi connectivity index (χ1v) is 7.25. The van der Waals surface area contributed by atoms with E-state index in [0.29, 0.717) is 0 Å². The van der Waals surface area contributed by atoms with Crippen LogP contribution in [-0.4, -0.2) is 30.3 Å². The number of aryl methyl sites for hydroxylation is 2. The van der Waals surface area contributed by atoms with Gasteiger partial charge in [-0.05, 0) is 48.4 Å². The predicted molar refractivity (Wildman–Crippen MR) is 77.8 cm³/mol. The van der Waals surface area contributed by atoms with Gasteiger partial charge >= 0.3 is 0 Å². The lowest BCUT2D eigenvalue weighted by atomic mass is 10.1. The number of aliphatic hydroxyl groups excluding tert-OH is 1. The minimum absolute atomic E-state index is 0.0119. The lowest BCUT2D eigenvalue weighted by molar-refractivity contribution is -0.124. The highest BCUT2D eigenvalue weighted by atomic mass is 16.5. The predicted octanol–water partition coefficient (Wildman–Crippen LogP) is 1.69. The van der Waals surface area contributed by atoms with Gasteiger partial charge in [0, 0.05) is 0 Å². The lowest BCUT2D eigenvalue weighted by Gasteiger charge is -2.19. The van der Waals surface area contributed by atoms with Crippen molar-refractivity contribution < 1.29 is 14.6 Å². The van der Waals surface area contributed by atoms with E-state index in [0.717, 1.165) is 18.6 Å². The van der Waals surface area contributed by atoms with Gasteiger partial charge in [-0.15, -0.1) is 0 Å². The molecule has 4 heteroatoms. The summed E-state index contributed by atoms with van der Waals surface area (Å²) in [4.78, 5) is 11.8. The van der Waals surface area contributed by atoms with E-state index in [1.54, 1.807) is 0 Å². The maximum absolute atomic E-state index is 11.8. The molecule has 0 bridgehead atoms. The van der Waals surface area contributed by atoms with Gasteiger partial charge in [0.2, 0.25) is 0 Å². The van der Waals surface area contributed by atoms with Crippen molar-refractivity contribution in [2.24, 2.45) is 5.92 Å². The molecule has 1 amide bonds. The van der Waals surface area contributed by atoms with Gasteiger partial charge in [0.15, 0.2) is 6.61 Å². The Hall–Kier alpha value is -1.55. The third-order valence-corrected chi connectivity index (χ3v) is 3.79. The Bertz CT molecular complexity index is 471. The zero-order valence-electron chi connectivity index (χ0n) is 12.2. The normalized spacial score (nSPS) is 15.0. The van der Waals surface area contributed by atoms with E-state index in [9.17, 15) is 9.90 Å². The molecule has 0 aromatic heterocycles. The molecule has 0 fully saturated rings. The van der Waals surface area contributed by atoms with Crippen molar-refractivity contribution in [3.8, 4) is 5.75 Å². The van der Waals surface area contributed by atoms with Crippen LogP contribution >= 0.6 is 0 Å². The standard InChI is InChI=1S/C16H23NO3/c1-11(2)15(9-18)17-16(19)10-20-14-7-6-12-4-3-5-13(12)8-14/h6-8,11,15,18H,3-5,9-10H2,1-2H3,(H,17,19)/t15-/m1/s1. The van der Waals surface area contributed by atoms with E-state index in [1.807, 2.05) is 26.0 Å². The number of ether oxygens (including phenoxy) is 1. The molecular weight excluding hydrogens is 254 g/mol. The molecule has 1 aliphatic rings. The van der Waals surface area contributed by atoms with Crippen molar-refractivity contribution in [1.29, 1.82) is 0 Å². The Morgan fingerprint density at radius 3 is 2.80 bits per heavy atom. The first-order valence-electron chi connectivity index (χ1n) is 7.25. The second-order valence-corrected chi connectivity index (χ2v) is 5.67. The quantitative estimate of drug-likeness (QED) is 0.832. The molecule has 0 radical (unpaired) electrons. The fraction of sp³-hybridized carbons (Fsp3) is 0.562. The highest BCUT2D eigenvalue weighted by molar-refractivity contribution is 5.77. The molecule has 0 unspecified atom stereocenters. The molecule has 110 valence electrons. The van der Waals surface area contributed by atoms with Gasteiger partial charge in [-0.2, -0.15) is 0 Å². The van der Waals surface area contributed by atoms with Crippen molar-refractivity contribution in [2.45, 2.75) is 39.2 Å². The van der Waals surface area contributed by atoms with Gasteiger partial charge in [0.05, 0.1) is 12.6 Å². The number of benzene rings is 1. The first kappa shape index (κ1) is 14.9. The Morgan fingerprint density at radius 1 is 1.35 bits per heavy atom. The van der Waals surface area contributed by atoms with Crippen LogP contribution in [0, 0.1) is 5.92 Å². The summed E-state index contributed by atoms with van der Waals surface area (Å²) < 4.78 is 5.52. The number of rotatable bonds is 6. The van der Waals surface area contributed by atoms with Crippen LogP contribution in [0.1, 0.15) is 31.4 Å². The Morgan fingerprint density at radius 2 is 2.10 bits per heavy atom. The summed E-state index contributed by atoms with van der Waals surface area (Å²) in [6.07, 6.45) is 3.44. The molecule has 0 saturated carbocycles. The van der Waals surface area contributed by atoms with E-state index >= 15 is 0 Å². The SMILES string of the molecule is CC(C)[C@@H](CO)NC(=O)COc1ccc2c(c1)CCC2. The summed E-state index contributed by atoms with van der Waals surface area (Å²) in [6.45, 7) is 3.86. The summed E-state index contributed by atoms with van der Waals surface area (Å²) in [6, 6.07) is 5.82. The number of hydrogen-bond acceptors (Lipinski definition) is 3. The number of fused-ring (bicyclic) bond motifs is 1. The second-order valence-electron chi connectivity index (χ2n) is 5.67. The van der Waals surface area contributed by atoms with Crippen LogP contribution in [0.25, 0.3) is 0 Å². The second kappa shape index (κ2) is 6.75. The van der Waals surface area contributed by atoms with E-state index in [-0.39, 0.29) is 31.1 Å². The number of carbonyl (C=O) groups excluding carboxylic acids is 1. The van der Waals surface area contributed by atoms with Gasteiger partial charge in [-0.3, -0.25) is 4.79 Å². The fourth-order valence-corrected chi connectivity index (χ4v) is 2.46. The van der Waals surface area contributed by atoms with Gasteiger partial charge < -0.3 is 15.2 Å². The van der Waals surface area contributed by atoms with Crippen LogP contribution in [0.3, 0.4) is 0 Å². The summed E-state index contributed by atoms with van der Waals surface area (Å²) >= 11 is 0. The smallest absolute Gasteiger partial charge is 0.258 e. The molecule has 4 nitrogen and oxygen atoms in total. The van der Waals surface area contributed by atoms with E-state index < -0.39 is 0 Å². The molecule has 0 aliphatic heterocycles. The average molecular weight is 277 g/mol. The maximum Gasteiger partial charge on any atom is 0.258 e. The van der Waals surface area contributed by atoms with Crippen LogP contribution in [0.4, 0.5) is 0 Å². The van der Waals surface area contributed by atoms with Gasteiger partial charge in [0.1, 0.15) is 5.75 Å². The molecular formula is C16H23NO3. The minimum Gasteiger partial charge on any atom is -0.484 e. The van der Waals surface area contributed by atoms with E-state index in [2.05, 4.69) is 11.4 Å². The molecule has 0 saturated heterocycles. The summed E-state index contributed by atoms with van der Waals surface area (Å²) in [5.74, 6) is 0.744. The zero-order chi connectivity index (χ0) is 14.5. The molecule has 1 atom stereocenters. The Labute approximate surface area is 120 Å². The Balaban J connectivity index is 1.84. The molecule has 1 aromatic carbocycles.